The summed E-state index contributed by atoms with van der Waals surface area (Å²) < 4.78 is 0. The summed E-state index contributed by atoms with van der Waals surface area (Å²) in [4.78, 5) is 28.4. The van der Waals surface area contributed by atoms with Crippen LogP contribution in [0.4, 0.5) is 0 Å². The molecule has 0 aliphatic carbocycles. The average Bonchev–Trinajstić information content (AvgIpc) is 3.01. The molecule has 126 valence electrons. The summed E-state index contributed by atoms with van der Waals surface area (Å²) in [6, 6.07) is 9.65. The second-order valence-corrected chi connectivity index (χ2v) is 5.93. The molecular formula is C18H27N3O2. The quantitative estimate of drug-likeness (QED) is 0.793. The maximum atomic E-state index is 12.8. The van der Waals surface area contributed by atoms with Gasteiger partial charge in [0.1, 0.15) is 6.04 Å². The van der Waals surface area contributed by atoms with E-state index in [-0.39, 0.29) is 17.9 Å². The van der Waals surface area contributed by atoms with Crippen LogP contribution in [0, 0.1) is 0 Å². The Morgan fingerprint density at radius 2 is 1.87 bits per heavy atom. The minimum atomic E-state index is -0.358. The number of carbonyl (C=O) groups excluding carboxylic acids is 2. The number of amides is 2. The van der Waals surface area contributed by atoms with E-state index in [1.54, 1.807) is 0 Å². The first kappa shape index (κ1) is 17.5. The SMILES string of the molecule is CCN(CC)CCN(Cc1ccccc1)C(=O)[C@@H]1CCC(=O)N1. The average molecular weight is 317 g/mol. The van der Waals surface area contributed by atoms with Gasteiger partial charge in [0.2, 0.25) is 11.8 Å². The highest BCUT2D eigenvalue weighted by Crippen LogP contribution is 2.13. The third kappa shape index (κ3) is 5.06. The molecule has 0 aromatic heterocycles. The number of hydrogen-bond donors (Lipinski definition) is 1. The molecule has 1 N–H and O–H groups in total. The van der Waals surface area contributed by atoms with Crippen LogP contribution in [0.5, 0.6) is 0 Å². The fourth-order valence-corrected chi connectivity index (χ4v) is 2.89. The Morgan fingerprint density at radius 3 is 2.43 bits per heavy atom. The van der Waals surface area contributed by atoms with Crippen LogP contribution in [-0.4, -0.2) is 53.8 Å². The van der Waals surface area contributed by atoms with E-state index in [0.717, 1.165) is 25.2 Å². The summed E-state index contributed by atoms with van der Waals surface area (Å²) >= 11 is 0. The molecule has 2 rings (SSSR count). The van der Waals surface area contributed by atoms with E-state index in [2.05, 4.69) is 24.1 Å². The molecule has 1 aromatic carbocycles. The van der Waals surface area contributed by atoms with Crippen LogP contribution in [0.15, 0.2) is 30.3 Å². The van der Waals surface area contributed by atoms with E-state index in [1.165, 1.54) is 0 Å². The highest BCUT2D eigenvalue weighted by Gasteiger charge is 2.30. The highest BCUT2D eigenvalue weighted by molar-refractivity contribution is 5.90. The Balaban J connectivity index is 2.03. The number of benzene rings is 1. The molecule has 1 aliphatic rings. The van der Waals surface area contributed by atoms with E-state index in [9.17, 15) is 9.59 Å². The van der Waals surface area contributed by atoms with Crippen molar-refractivity contribution in [1.82, 2.24) is 15.1 Å². The fourth-order valence-electron chi connectivity index (χ4n) is 2.89. The monoisotopic (exact) mass is 317 g/mol. The highest BCUT2D eigenvalue weighted by atomic mass is 16.2. The molecular weight excluding hydrogens is 290 g/mol. The van der Waals surface area contributed by atoms with Crippen molar-refractivity contribution in [3.05, 3.63) is 35.9 Å². The molecule has 0 unspecified atom stereocenters. The van der Waals surface area contributed by atoms with E-state index >= 15 is 0 Å². The van der Waals surface area contributed by atoms with Gasteiger partial charge in [-0.15, -0.1) is 0 Å². The third-order valence-corrected chi connectivity index (χ3v) is 4.40. The summed E-state index contributed by atoms with van der Waals surface area (Å²) in [5, 5.41) is 2.79. The zero-order chi connectivity index (χ0) is 16.7. The zero-order valence-electron chi connectivity index (χ0n) is 14.1. The molecule has 0 bridgehead atoms. The summed E-state index contributed by atoms with van der Waals surface area (Å²) in [5.41, 5.74) is 1.12. The van der Waals surface area contributed by atoms with Gasteiger partial charge in [0.05, 0.1) is 0 Å². The minimum absolute atomic E-state index is 0.0215. The Morgan fingerprint density at radius 1 is 1.17 bits per heavy atom. The van der Waals surface area contributed by atoms with Crippen LogP contribution in [0.2, 0.25) is 0 Å². The molecule has 23 heavy (non-hydrogen) atoms. The number of nitrogens with one attached hydrogen (secondary N) is 1. The molecule has 0 radical (unpaired) electrons. The molecule has 5 nitrogen and oxygen atoms in total. The van der Waals surface area contributed by atoms with Crippen molar-refractivity contribution < 1.29 is 9.59 Å². The Bertz CT molecular complexity index is 514. The Kier molecular flexibility index (Phi) is 6.59. The van der Waals surface area contributed by atoms with E-state index in [0.29, 0.717) is 25.9 Å². The van der Waals surface area contributed by atoms with Crippen molar-refractivity contribution >= 4 is 11.8 Å². The lowest BCUT2D eigenvalue weighted by Gasteiger charge is -2.28. The maximum absolute atomic E-state index is 12.8. The van der Waals surface area contributed by atoms with E-state index in [1.807, 2.05) is 35.2 Å². The van der Waals surface area contributed by atoms with Gasteiger partial charge in [-0.25, -0.2) is 0 Å². The summed E-state index contributed by atoms with van der Waals surface area (Å²) in [7, 11) is 0. The fraction of sp³-hybridized carbons (Fsp3) is 0.556. The number of carbonyl (C=O) groups is 2. The van der Waals surface area contributed by atoms with Gasteiger partial charge < -0.3 is 15.1 Å². The van der Waals surface area contributed by atoms with Crippen molar-refractivity contribution in [2.24, 2.45) is 0 Å². The van der Waals surface area contributed by atoms with Crippen LogP contribution in [0.1, 0.15) is 32.3 Å². The van der Waals surface area contributed by atoms with Gasteiger partial charge in [0, 0.05) is 26.1 Å². The van der Waals surface area contributed by atoms with E-state index in [4.69, 9.17) is 0 Å². The number of hydrogen-bond acceptors (Lipinski definition) is 3. The molecule has 0 spiro atoms. The topological polar surface area (TPSA) is 52.7 Å². The van der Waals surface area contributed by atoms with Crippen molar-refractivity contribution in [2.75, 3.05) is 26.2 Å². The minimum Gasteiger partial charge on any atom is -0.344 e. The van der Waals surface area contributed by atoms with Gasteiger partial charge in [0.15, 0.2) is 0 Å². The lowest BCUT2D eigenvalue weighted by Crippen LogP contribution is -2.46. The van der Waals surface area contributed by atoms with Gasteiger partial charge in [-0.3, -0.25) is 9.59 Å². The van der Waals surface area contributed by atoms with Crippen molar-refractivity contribution in [3.8, 4) is 0 Å². The van der Waals surface area contributed by atoms with Crippen molar-refractivity contribution in [3.63, 3.8) is 0 Å². The molecule has 0 saturated carbocycles. The second-order valence-electron chi connectivity index (χ2n) is 5.93. The lowest BCUT2D eigenvalue weighted by atomic mass is 10.1. The number of rotatable bonds is 8. The van der Waals surface area contributed by atoms with Gasteiger partial charge >= 0.3 is 0 Å². The van der Waals surface area contributed by atoms with Crippen LogP contribution < -0.4 is 5.32 Å². The van der Waals surface area contributed by atoms with Crippen LogP contribution in [0.3, 0.4) is 0 Å². The normalized spacial score (nSPS) is 17.3. The van der Waals surface area contributed by atoms with Crippen LogP contribution in [-0.2, 0) is 16.1 Å². The number of nitrogens with zero attached hydrogens (tertiary/aromatic N) is 2. The summed E-state index contributed by atoms with van der Waals surface area (Å²) in [6.45, 7) is 8.34. The summed E-state index contributed by atoms with van der Waals surface area (Å²) in [6.07, 6.45) is 1.06. The van der Waals surface area contributed by atoms with Crippen molar-refractivity contribution in [1.29, 1.82) is 0 Å². The molecule has 1 atom stereocenters. The first-order valence-electron chi connectivity index (χ1n) is 8.48. The number of likely N-dealkylation sites (N-methyl/N-ethyl adjacent to an activating group) is 1. The summed E-state index contributed by atoms with van der Waals surface area (Å²) in [5.74, 6) is 0.0126. The lowest BCUT2D eigenvalue weighted by molar-refractivity contribution is -0.135. The van der Waals surface area contributed by atoms with Gasteiger partial charge in [-0.2, -0.15) is 0 Å². The van der Waals surface area contributed by atoms with E-state index < -0.39 is 0 Å². The maximum Gasteiger partial charge on any atom is 0.245 e. The first-order valence-corrected chi connectivity index (χ1v) is 8.48. The Hall–Kier alpha value is -1.88. The van der Waals surface area contributed by atoms with Crippen LogP contribution in [0.25, 0.3) is 0 Å². The predicted molar refractivity (Wildman–Crippen MR) is 90.8 cm³/mol. The van der Waals surface area contributed by atoms with Gasteiger partial charge in [0.25, 0.3) is 0 Å². The smallest absolute Gasteiger partial charge is 0.245 e. The predicted octanol–water partition coefficient (Wildman–Crippen LogP) is 1.64. The van der Waals surface area contributed by atoms with Crippen LogP contribution >= 0.6 is 0 Å². The second kappa shape index (κ2) is 8.67. The zero-order valence-corrected chi connectivity index (χ0v) is 14.1. The molecule has 1 fully saturated rings. The molecule has 2 amide bonds. The van der Waals surface area contributed by atoms with Gasteiger partial charge in [-0.1, -0.05) is 44.2 Å². The van der Waals surface area contributed by atoms with Gasteiger partial charge in [-0.05, 0) is 25.1 Å². The first-order chi connectivity index (χ1) is 11.1. The van der Waals surface area contributed by atoms with Crippen molar-refractivity contribution in [2.45, 2.75) is 39.3 Å². The molecule has 1 heterocycles. The molecule has 1 aliphatic heterocycles. The standard InChI is InChI=1S/C18H27N3O2/c1-3-20(4-2)12-13-21(14-15-8-6-5-7-9-15)18(23)16-10-11-17(22)19-16/h5-9,16H,3-4,10-14H2,1-2H3,(H,19,22)/t16-/m0/s1. The molecule has 1 saturated heterocycles. The third-order valence-electron chi connectivity index (χ3n) is 4.40. The largest absolute Gasteiger partial charge is 0.344 e. The molecule has 5 heteroatoms. The molecule has 1 aromatic rings. The Labute approximate surface area is 138 Å².